The first kappa shape index (κ1) is 21.1. The molecule has 2 atom stereocenters. The summed E-state index contributed by atoms with van der Waals surface area (Å²) in [6, 6.07) is 15.8. The molecule has 2 N–H and O–H groups in total. The number of carbonyl (C=O) groups excluding carboxylic acids is 2. The molecule has 4 rings (SSSR count). The fraction of sp³-hybridized carbons (Fsp3) is 0.360. The van der Waals surface area contributed by atoms with Gasteiger partial charge in [0.15, 0.2) is 0 Å². The van der Waals surface area contributed by atoms with E-state index >= 15 is 0 Å². The molecule has 0 saturated carbocycles. The topological polar surface area (TPSA) is 70.7 Å². The van der Waals surface area contributed by atoms with Crippen LogP contribution in [0.1, 0.15) is 27.9 Å². The van der Waals surface area contributed by atoms with Gasteiger partial charge < -0.3 is 15.4 Å². The highest BCUT2D eigenvalue weighted by molar-refractivity contribution is 5.97. The van der Waals surface area contributed by atoms with E-state index in [-0.39, 0.29) is 17.7 Å². The normalized spacial score (nSPS) is 23.0. The molecule has 162 valence electrons. The number of aryl methyl sites for hydroxylation is 1. The van der Waals surface area contributed by atoms with Gasteiger partial charge in [-0.05, 0) is 36.1 Å². The molecule has 0 radical (unpaired) electrons. The zero-order valence-electron chi connectivity index (χ0n) is 17.9. The molecule has 0 aromatic heterocycles. The Bertz CT molecular complexity index is 975. The van der Waals surface area contributed by atoms with Crippen molar-refractivity contribution in [2.24, 2.45) is 5.92 Å². The Kier molecular flexibility index (Phi) is 6.09. The maximum Gasteiger partial charge on any atom is 0.252 e. The van der Waals surface area contributed by atoms with Gasteiger partial charge in [0, 0.05) is 31.7 Å². The predicted molar refractivity (Wildman–Crippen MR) is 120 cm³/mol. The van der Waals surface area contributed by atoms with E-state index in [0.717, 1.165) is 18.5 Å². The van der Waals surface area contributed by atoms with E-state index in [2.05, 4.69) is 34.2 Å². The molecule has 0 unspecified atom stereocenters. The number of hydrogen-bond acceptors (Lipinski definition) is 4. The minimum absolute atomic E-state index is 0.0423. The first-order chi connectivity index (χ1) is 15.0. The van der Waals surface area contributed by atoms with Crippen LogP contribution in [0.3, 0.4) is 0 Å². The molecule has 2 heterocycles. The summed E-state index contributed by atoms with van der Waals surface area (Å²) in [5.74, 6) is 0.132. The molecule has 2 aromatic rings. The average molecular weight is 420 g/mol. The number of rotatable bonds is 6. The van der Waals surface area contributed by atoms with Crippen molar-refractivity contribution in [3.8, 4) is 5.75 Å². The molecule has 2 amide bonds. The van der Waals surface area contributed by atoms with E-state index in [0.29, 0.717) is 37.4 Å². The van der Waals surface area contributed by atoms with Crippen LogP contribution in [0.2, 0.25) is 0 Å². The van der Waals surface area contributed by atoms with Crippen LogP contribution in [-0.4, -0.2) is 49.0 Å². The van der Waals surface area contributed by atoms with Crippen molar-refractivity contribution in [3.63, 3.8) is 0 Å². The molecule has 2 aromatic carbocycles. The third kappa shape index (κ3) is 4.35. The van der Waals surface area contributed by atoms with Gasteiger partial charge in [0.25, 0.3) is 5.91 Å². The van der Waals surface area contributed by atoms with E-state index < -0.39 is 5.54 Å². The van der Waals surface area contributed by atoms with Crippen LogP contribution in [0.15, 0.2) is 61.2 Å². The summed E-state index contributed by atoms with van der Waals surface area (Å²) >= 11 is 0. The SMILES string of the molecule is C=CCNC(=O)[C@H]1CN(Cc2ccccc2)C[C@]12CCc1ccc(OC)cc1C(=O)N2. The molecule has 6 nitrogen and oxygen atoms in total. The molecule has 2 aliphatic heterocycles. The van der Waals surface area contributed by atoms with E-state index in [1.165, 1.54) is 5.56 Å². The third-order valence-corrected chi connectivity index (χ3v) is 6.36. The van der Waals surface area contributed by atoms with Crippen molar-refractivity contribution in [2.75, 3.05) is 26.7 Å². The summed E-state index contributed by atoms with van der Waals surface area (Å²) in [4.78, 5) is 28.6. The summed E-state index contributed by atoms with van der Waals surface area (Å²) in [5, 5.41) is 6.21. The fourth-order valence-corrected chi connectivity index (χ4v) is 4.80. The van der Waals surface area contributed by atoms with Crippen molar-refractivity contribution in [1.29, 1.82) is 0 Å². The van der Waals surface area contributed by atoms with Gasteiger partial charge in [0.2, 0.25) is 5.91 Å². The van der Waals surface area contributed by atoms with Crippen LogP contribution in [-0.2, 0) is 17.8 Å². The van der Waals surface area contributed by atoms with E-state index in [1.807, 2.05) is 30.3 Å². The third-order valence-electron chi connectivity index (χ3n) is 6.36. The second-order valence-corrected chi connectivity index (χ2v) is 8.37. The maximum atomic E-state index is 13.2. The second-order valence-electron chi connectivity index (χ2n) is 8.37. The Balaban J connectivity index is 1.62. The number of hydrogen-bond donors (Lipinski definition) is 2. The number of nitrogens with zero attached hydrogens (tertiary/aromatic N) is 1. The van der Waals surface area contributed by atoms with E-state index in [1.54, 1.807) is 19.3 Å². The van der Waals surface area contributed by atoms with Crippen LogP contribution in [0.4, 0.5) is 0 Å². The lowest BCUT2D eigenvalue weighted by atomic mass is 9.82. The summed E-state index contributed by atoms with van der Waals surface area (Å²) < 4.78 is 5.31. The van der Waals surface area contributed by atoms with Crippen LogP contribution >= 0.6 is 0 Å². The molecule has 1 saturated heterocycles. The number of fused-ring (bicyclic) bond motifs is 1. The van der Waals surface area contributed by atoms with Gasteiger partial charge in [0.1, 0.15) is 5.75 Å². The number of ether oxygens (including phenoxy) is 1. The number of carbonyl (C=O) groups is 2. The van der Waals surface area contributed by atoms with Crippen molar-refractivity contribution in [2.45, 2.75) is 24.9 Å². The molecular formula is C25H29N3O3. The van der Waals surface area contributed by atoms with Crippen LogP contribution in [0, 0.1) is 5.92 Å². The smallest absolute Gasteiger partial charge is 0.252 e. The van der Waals surface area contributed by atoms with Gasteiger partial charge in [-0.1, -0.05) is 42.5 Å². The monoisotopic (exact) mass is 419 g/mol. The van der Waals surface area contributed by atoms with Gasteiger partial charge in [-0.2, -0.15) is 0 Å². The number of amides is 2. The molecule has 1 fully saturated rings. The molecule has 1 spiro atoms. The largest absolute Gasteiger partial charge is 0.497 e. The Morgan fingerprint density at radius 3 is 2.87 bits per heavy atom. The molecule has 6 heteroatoms. The van der Waals surface area contributed by atoms with Crippen LogP contribution in [0.5, 0.6) is 5.75 Å². The predicted octanol–water partition coefficient (Wildman–Crippen LogP) is 2.54. The van der Waals surface area contributed by atoms with Gasteiger partial charge in [-0.3, -0.25) is 14.5 Å². The maximum absolute atomic E-state index is 13.2. The Morgan fingerprint density at radius 1 is 1.32 bits per heavy atom. The lowest BCUT2D eigenvalue weighted by Gasteiger charge is -2.34. The van der Waals surface area contributed by atoms with Crippen molar-refractivity contribution < 1.29 is 14.3 Å². The molecule has 0 bridgehead atoms. The Morgan fingerprint density at radius 2 is 2.13 bits per heavy atom. The fourth-order valence-electron chi connectivity index (χ4n) is 4.80. The number of benzene rings is 2. The van der Waals surface area contributed by atoms with Gasteiger partial charge >= 0.3 is 0 Å². The van der Waals surface area contributed by atoms with Crippen LogP contribution in [0.25, 0.3) is 0 Å². The second kappa shape index (κ2) is 8.94. The Labute approximate surface area is 183 Å². The number of likely N-dealkylation sites (tertiary alicyclic amines) is 1. The van der Waals surface area contributed by atoms with Crippen LogP contribution < -0.4 is 15.4 Å². The number of nitrogens with one attached hydrogen (secondary N) is 2. The summed E-state index contributed by atoms with van der Waals surface area (Å²) in [6.07, 6.45) is 3.10. The summed E-state index contributed by atoms with van der Waals surface area (Å²) in [7, 11) is 1.59. The quantitative estimate of drug-likeness (QED) is 0.706. The lowest BCUT2D eigenvalue weighted by molar-refractivity contribution is -0.126. The standard InChI is InChI=1S/C25H29N3O3/c1-3-13-26-24(30)22-16-28(15-18-7-5-4-6-8-18)17-25(22)12-11-19-9-10-20(31-2)14-21(19)23(29)27-25/h3-10,14,22H,1,11-13,15-17H2,2H3,(H,26,30)(H,27,29)/t22-,25-/m1/s1. The highest BCUT2D eigenvalue weighted by Crippen LogP contribution is 2.36. The minimum atomic E-state index is -0.622. The van der Waals surface area contributed by atoms with E-state index in [9.17, 15) is 9.59 Å². The first-order valence-electron chi connectivity index (χ1n) is 10.7. The highest BCUT2D eigenvalue weighted by atomic mass is 16.5. The molecular weight excluding hydrogens is 390 g/mol. The zero-order chi connectivity index (χ0) is 21.8. The Hall–Kier alpha value is -3.12. The molecule has 31 heavy (non-hydrogen) atoms. The minimum Gasteiger partial charge on any atom is -0.497 e. The average Bonchev–Trinajstić information content (AvgIpc) is 3.07. The molecule has 2 aliphatic rings. The van der Waals surface area contributed by atoms with Gasteiger partial charge in [-0.15, -0.1) is 6.58 Å². The van der Waals surface area contributed by atoms with E-state index in [4.69, 9.17) is 4.74 Å². The summed E-state index contributed by atoms with van der Waals surface area (Å²) in [6.45, 7) is 6.08. The van der Waals surface area contributed by atoms with Gasteiger partial charge in [0.05, 0.1) is 18.6 Å². The van der Waals surface area contributed by atoms with Gasteiger partial charge in [-0.25, -0.2) is 0 Å². The highest BCUT2D eigenvalue weighted by Gasteiger charge is 2.51. The lowest BCUT2D eigenvalue weighted by Crippen LogP contribution is -2.57. The van der Waals surface area contributed by atoms with Crippen molar-refractivity contribution >= 4 is 11.8 Å². The zero-order valence-corrected chi connectivity index (χ0v) is 17.9. The number of methoxy groups -OCH3 is 1. The summed E-state index contributed by atoms with van der Waals surface area (Å²) in [5.41, 5.74) is 2.19. The first-order valence-corrected chi connectivity index (χ1v) is 10.7. The van der Waals surface area contributed by atoms with Crippen molar-refractivity contribution in [1.82, 2.24) is 15.5 Å². The molecule has 0 aliphatic carbocycles. The van der Waals surface area contributed by atoms with Crippen molar-refractivity contribution in [3.05, 3.63) is 77.9 Å².